The van der Waals surface area contributed by atoms with E-state index in [0.717, 1.165) is 26.6 Å². The van der Waals surface area contributed by atoms with Crippen molar-refractivity contribution in [3.8, 4) is 22.4 Å². The number of fused-ring (bicyclic) bond motifs is 3. The molecular formula is C23H15ClN4O. The van der Waals surface area contributed by atoms with Crippen molar-refractivity contribution in [2.45, 2.75) is 0 Å². The molecule has 1 N–H and O–H groups in total. The van der Waals surface area contributed by atoms with Crippen molar-refractivity contribution >= 4 is 28.0 Å². The Bertz CT molecular complexity index is 1430. The summed E-state index contributed by atoms with van der Waals surface area (Å²) in [6.07, 6.45) is 1.46. The molecule has 6 heteroatoms. The van der Waals surface area contributed by atoms with Crippen LogP contribution in [-0.4, -0.2) is 9.61 Å². The van der Waals surface area contributed by atoms with Gasteiger partial charge in [-0.15, -0.1) is 0 Å². The molecule has 0 atom stereocenters. The van der Waals surface area contributed by atoms with E-state index in [0.29, 0.717) is 21.9 Å². The van der Waals surface area contributed by atoms with E-state index in [4.69, 9.17) is 17.0 Å². The van der Waals surface area contributed by atoms with Crippen LogP contribution in [0.4, 0.5) is 0 Å². The molecule has 5 rings (SSSR count). The predicted octanol–water partition coefficient (Wildman–Crippen LogP) is 4.59. The van der Waals surface area contributed by atoms with Gasteiger partial charge in [0.2, 0.25) is 5.49 Å². The third-order valence-electron chi connectivity index (χ3n) is 4.95. The van der Waals surface area contributed by atoms with Crippen LogP contribution in [0.1, 0.15) is 0 Å². The normalized spacial score (nSPS) is 11.2. The summed E-state index contributed by atoms with van der Waals surface area (Å²) < 4.78 is 2.21. The van der Waals surface area contributed by atoms with E-state index in [2.05, 4.69) is 5.10 Å². The monoisotopic (exact) mass is 398 g/mol. The molecule has 0 bridgehead atoms. The first-order valence-electron chi connectivity index (χ1n) is 9.07. The first-order valence-corrected chi connectivity index (χ1v) is 9.45. The number of nitrogens with zero attached hydrogens (tertiary/aromatic N) is 3. The van der Waals surface area contributed by atoms with E-state index in [9.17, 15) is 5.21 Å². The molecule has 0 aliphatic carbocycles. The van der Waals surface area contributed by atoms with Gasteiger partial charge >= 0.3 is 5.65 Å². The number of nitrogens with one attached hydrogen (secondary N) is 1. The molecule has 0 unspecified atom stereocenters. The Morgan fingerprint density at radius 1 is 0.828 bits per heavy atom. The van der Waals surface area contributed by atoms with E-state index in [1.807, 2.05) is 66.7 Å². The molecule has 0 radical (unpaired) electrons. The van der Waals surface area contributed by atoms with Gasteiger partial charge in [0.25, 0.3) is 0 Å². The van der Waals surface area contributed by atoms with E-state index >= 15 is 0 Å². The van der Waals surface area contributed by atoms with Crippen LogP contribution in [0, 0.1) is 10.6 Å². The summed E-state index contributed by atoms with van der Waals surface area (Å²) in [5, 5.41) is 28.7. The van der Waals surface area contributed by atoms with Gasteiger partial charge < -0.3 is 5.21 Å². The molecule has 5 aromatic rings. The van der Waals surface area contributed by atoms with Gasteiger partial charge in [0, 0.05) is 16.0 Å². The molecule has 0 spiro atoms. The third-order valence-corrected chi connectivity index (χ3v) is 5.20. The molecule has 0 aliphatic heterocycles. The minimum atomic E-state index is 0.142. The highest BCUT2D eigenvalue weighted by atomic mass is 35.5. The Hall–Kier alpha value is -3.70. The highest BCUT2D eigenvalue weighted by molar-refractivity contribution is 6.30. The first kappa shape index (κ1) is 17.4. The van der Waals surface area contributed by atoms with E-state index in [1.54, 1.807) is 12.1 Å². The molecule has 0 fully saturated rings. The maximum absolute atomic E-state index is 13.0. The Morgan fingerprint density at radius 3 is 2.21 bits per heavy atom. The molecule has 140 valence electrons. The summed E-state index contributed by atoms with van der Waals surface area (Å²) in [7, 11) is 0. The van der Waals surface area contributed by atoms with Gasteiger partial charge in [-0.05, 0) is 23.8 Å². The van der Waals surface area contributed by atoms with Crippen molar-refractivity contribution in [3.05, 3.63) is 101 Å². The lowest BCUT2D eigenvalue weighted by atomic mass is 10.00. The van der Waals surface area contributed by atoms with E-state index < -0.39 is 0 Å². The molecule has 0 aliphatic rings. The molecule has 5 nitrogen and oxygen atoms in total. The minimum absolute atomic E-state index is 0.142. The predicted molar refractivity (Wildman–Crippen MR) is 113 cm³/mol. The van der Waals surface area contributed by atoms with Crippen LogP contribution in [-0.2, 0) is 0 Å². The molecular weight excluding hydrogens is 384 g/mol. The lowest BCUT2D eigenvalue weighted by Gasteiger charge is -2.12. The Labute approximate surface area is 171 Å². The Morgan fingerprint density at radius 2 is 1.48 bits per heavy atom. The lowest BCUT2D eigenvalue weighted by molar-refractivity contribution is -0.580. The van der Waals surface area contributed by atoms with Crippen LogP contribution in [0.3, 0.4) is 0 Å². The molecule has 29 heavy (non-hydrogen) atoms. The first-order chi connectivity index (χ1) is 14.1. The van der Waals surface area contributed by atoms with Gasteiger partial charge in [-0.1, -0.05) is 81.9 Å². The van der Waals surface area contributed by atoms with Crippen molar-refractivity contribution in [1.82, 2.24) is 9.61 Å². The third kappa shape index (κ3) is 2.83. The molecule has 2 aromatic heterocycles. The van der Waals surface area contributed by atoms with Gasteiger partial charge in [-0.25, -0.2) is 4.73 Å². The number of hydrogen-bond acceptors (Lipinski definition) is 3. The largest absolute Gasteiger partial charge is 0.710 e. The summed E-state index contributed by atoms with van der Waals surface area (Å²) in [6, 6.07) is 24.4. The summed E-state index contributed by atoms with van der Waals surface area (Å²) in [6.45, 7) is 0. The van der Waals surface area contributed by atoms with Gasteiger partial charge in [-0.3, -0.25) is 5.41 Å². The van der Waals surface area contributed by atoms with E-state index in [1.165, 1.54) is 10.7 Å². The zero-order valence-corrected chi connectivity index (χ0v) is 16.0. The van der Waals surface area contributed by atoms with Crippen LogP contribution < -0.4 is 10.2 Å². The molecule has 0 saturated heterocycles. The summed E-state index contributed by atoms with van der Waals surface area (Å²) in [4.78, 5) is 0. The number of aromatic nitrogens is 3. The van der Waals surface area contributed by atoms with Gasteiger partial charge in [0.1, 0.15) is 6.20 Å². The fourth-order valence-corrected chi connectivity index (χ4v) is 3.74. The quantitative estimate of drug-likeness (QED) is 0.268. The van der Waals surface area contributed by atoms with Crippen molar-refractivity contribution in [1.29, 1.82) is 5.41 Å². The fraction of sp³-hybridized carbons (Fsp3) is 0. The lowest BCUT2D eigenvalue weighted by Crippen LogP contribution is -2.35. The molecule has 2 heterocycles. The van der Waals surface area contributed by atoms with Crippen molar-refractivity contribution < 1.29 is 4.73 Å². The molecule has 0 amide bonds. The zero-order valence-electron chi connectivity index (χ0n) is 15.2. The maximum Gasteiger partial charge on any atom is 0.320 e. The van der Waals surface area contributed by atoms with Crippen molar-refractivity contribution in [2.24, 2.45) is 0 Å². The topological polar surface area (TPSA) is 68.1 Å². The van der Waals surface area contributed by atoms with Crippen molar-refractivity contribution in [2.75, 3.05) is 0 Å². The summed E-state index contributed by atoms with van der Waals surface area (Å²) >= 11 is 6.05. The van der Waals surface area contributed by atoms with Crippen molar-refractivity contribution in [3.63, 3.8) is 0 Å². The number of hydrogen-bond donors (Lipinski definition) is 1. The number of pyridine rings is 1. The number of benzene rings is 3. The minimum Gasteiger partial charge on any atom is -0.710 e. The summed E-state index contributed by atoms with van der Waals surface area (Å²) in [5.41, 5.74) is 3.32. The van der Waals surface area contributed by atoms with Gasteiger partial charge in [-0.2, -0.15) is 0 Å². The van der Waals surface area contributed by atoms with Crippen LogP contribution in [0.15, 0.2) is 85.1 Å². The Kier molecular flexibility index (Phi) is 4.03. The Balaban J connectivity index is 1.93. The second-order valence-electron chi connectivity index (χ2n) is 6.72. The molecule has 0 saturated carbocycles. The summed E-state index contributed by atoms with van der Waals surface area (Å²) in [5.74, 6) is 0. The number of rotatable bonds is 2. The smallest absolute Gasteiger partial charge is 0.320 e. The van der Waals surface area contributed by atoms with Crippen LogP contribution in [0.5, 0.6) is 0 Å². The number of halogens is 1. The average molecular weight is 399 g/mol. The SMILES string of the molecule is N=c1c(-c2ccc(Cl)cc2)c2ccccc2c2n1nc(-c1ccccc1)c[n+]2[O-]. The van der Waals surface area contributed by atoms with E-state index in [-0.39, 0.29) is 5.49 Å². The highest BCUT2D eigenvalue weighted by Gasteiger charge is 2.20. The fourth-order valence-electron chi connectivity index (χ4n) is 3.61. The zero-order chi connectivity index (χ0) is 20.0. The van der Waals surface area contributed by atoms with Crippen LogP contribution in [0.25, 0.3) is 38.8 Å². The highest BCUT2D eigenvalue weighted by Crippen LogP contribution is 2.28. The molecule has 3 aromatic carbocycles. The second-order valence-corrected chi connectivity index (χ2v) is 7.15. The van der Waals surface area contributed by atoms with Crippen LogP contribution in [0.2, 0.25) is 5.02 Å². The van der Waals surface area contributed by atoms with Crippen LogP contribution >= 0.6 is 11.6 Å². The average Bonchev–Trinajstić information content (AvgIpc) is 2.75. The maximum atomic E-state index is 13.0. The standard InChI is InChI=1S/C23H15ClN4O/c24-17-12-10-16(11-13-17)21-18-8-4-5-9-19(18)23-27(29)14-20(26-28(23)22(21)25)15-6-2-1-3-7-15/h1-14,25H. The van der Waals surface area contributed by atoms with Gasteiger partial charge in [0.15, 0.2) is 5.69 Å². The van der Waals surface area contributed by atoms with Gasteiger partial charge in [0.05, 0.1) is 10.9 Å². The second kappa shape index (κ2) is 6.72.